The summed E-state index contributed by atoms with van der Waals surface area (Å²) in [7, 11) is 0. The number of hydrogen-bond acceptors (Lipinski definition) is 1. The average molecular weight is 236 g/mol. The minimum absolute atomic E-state index is 0.934. The number of rotatable bonds is 2. The number of aromatic amines is 1. The van der Waals surface area contributed by atoms with Gasteiger partial charge in [-0.05, 0) is 31.5 Å². The second-order valence-corrected chi connectivity index (χ2v) is 4.74. The summed E-state index contributed by atoms with van der Waals surface area (Å²) in [5, 5.41) is 0. The summed E-state index contributed by atoms with van der Waals surface area (Å²) in [4.78, 5) is 8.07. The first-order chi connectivity index (χ1) is 8.74. The van der Waals surface area contributed by atoms with Crippen molar-refractivity contribution in [1.82, 2.24) is 9.97 Å². The molecule has 0 aliphatic carbocycles. The molecule has 0 atom stereocenters. The van der Waals surface area contributed by atoms with Crippen molar-refractivity contribution in [3.05, 3.63) is 65.0 Å². The van der Waals surface area contributed by atoms with Crippen LogP contribution in [0.1, 0.15) is 22.5 Å². The van der Waals surface area contributed by atoms with E-state index in [9.17, 15) is 0 Å². The van der Waals surface area contributed by atoms with E-state index in [-0.39, 0.29) is 0 Å². The van der Waals surface area contributed by atoms with Gasteiger partial charge in [-0.1, -0.05) is 30.3 Å². The van der Waals surface area contributed by atoms with Gasteiger partial charge in [0, 0.05) is 23.4 Å². The molecule has 0 fully saturated rings. The van der Waals surface area contributed by atoms with Crippen LogP contribution in [0, 0.1) is 13.8 Å². The topological polar surface area (TPSA) is 28.7 Å². The second kappa shape index (κ2) is 4.30. The molecule has 0 saturated heterocycles. The number of hydrogen-bond donors (Lipinski definition) is 1. The quantitative estimate of drug-likeness (QED) is 0.721. The molecule has 0 spiro atoms. The molecule has 0 bridgehead atoms. The van der Waals surface area contributed by atoms with Gasteiger partial charge in [0.2, 0.25) is 0 Å². The summed E-state index contributed by atoms with van der Waals surface area (Å²) in [6, 6.07) is 14.7. The summed E-state index contributed by atoms with van der Waals surface area (Å²) in [5.74, 6) is 0. The maximum absolute atomic E-state index is 4.66. The number of aromatic nitrogens is 2. The number of fused-ring (bicyclic) bond motifs is 1. The Kier molecular flexibility index (Phi) is 2.63. The van der Waals surface area contributed by atoms with Crippen LogP contribution in [0.3, 0.4) is 0 Å². The molecular weight excluding hydrogens is 220 g/mol. The van der Waals surface area contributed by atoms with Crippen LogP contribution in [0.25, 0.3) is 11.0 Å². The molecular formula is C16H16N2. The summed E-state index contributed by atoms with van der Waals surface area (Å²) < 4.78 is 0. The van der Waals surface area contributed by atoms with Crippen molar-refractivity contribution < 1.29 is 0 Å². The molecule has 0 saturated carbocycles. The number of benzene rings is 1. The van der Waals surface area contributed by atoms with Crippen LogP contribution in [-0.4, -0.2) is 9.97 Å². The van der Waals surface area contributed by atoms with E-state index in [0.29, 0.717) is 0 Å². The van der Waals surface area contributed by atoms with E-state index in [0.717, 1.165) is 23.1 Å². The molecule has 2 heteroatoms. The van der Waals surface area contributed by atoms with Crippen molar-refractivity contribution in [2.24, 2.45) is 0 Å². The highest BCUT2D eigenvalue weighted by atomic mass is 14.8. The molecule has 0 aliphatic heterocycles. The molecule has 2 nitrogen and oxygen atoms in total. The molecule has 1 N–H and O–H groups in total. The molecule has 0 unspecified atom stereocenters. The highest BCUT2D eigenvalue weighted by Crippen LogP contribution is 2.23. The maximum Gasteiger partial charge on any atom is 0.0920 e. The third-order valence-electron chi connectivity index (χ3n) is 3.32. The second-order valence-electron chi connectivity index (χ2n) is 4.74. The number of nitrogens with zero attached hydrogens (tertiary/aromatic N) is 1. The van der Waals surface area contributed by atoms with Crippen LogP contribution in [-0.2, 0) is 6.42 Å². The third kappa shape index (κ3) is 1.90. The smallest absolute Gasteiger partial charge is 0.0920 e. The van der Waals surface area contributed by atoms with Crippen molar-refractivity contribution in [1.29, 1.82) is 0 Å². The largest absolute Gasteiger partial charge is 0.357 e. The molecule has 2 heterocycles. The Morgan fingerprint density at radius 2 is 1.78 bits per heavy atom. The molecule has 0 aliphatic rings. The lowest BCUT2D eigenvalue weighted by molar-refractivity contribution is 1.14. The first-order valence-electron chi connectivity index (χ1n) is 6.23. The van der Waals surface area contributed by atoms with Crippen LogP contribution in [0.2, 0.25) is 0 Å². The van der Waals surface area contributed by atoms with Gasteiger partial charge in [0.05, 0.1) is 11.0 Å². The number of aryl methyl sites for hydroxylation is 2. The average Bonchev–Trinajstić information content (AvgIpc) is 2.67. The first kappa shape index (κ1) is 11.0. The van der Waals surface area contributed by atoms with Gasteiger partial charge in [-0.15, -0.1) is 0 Å². The number of nitrogens with one attached hydrogen (secondary N) is 1. The van der Waals surface area contributed by atoms with Crippen LogP contribution in [0.4, 0.5) is 0 Å². The highest BCUT2D eigenvalue weighted by Gasteiger charge is 2.10. The van der Waals surface area contributed by atoms with Gasteiger partial charge in [-0.2, -0.15) is 0 Å². The van der Waals surface area contributed by atoms with Gasteiger partial charge >= 0.3 is 0 Å². The Morgan fingerprint density at radius 1 is 1.00 bits per heavy atom. The van der Waals surface area contributed by atoms with E-state index in [1.807, 2.05) is 19.1 Å². The fourth-order valence-electron chi connectivity index (χ4n) is 2.36. The summed E-state index contributed by atoms with van der Waals surface area (Å²) in [6.07, 6.45) is 0.934. The third-order valence-corrected chi connectivity index (χ3v) is 3.32. The number of H-pyrrole nitrogens is 1. The lowest BCUT2D eigenvalue weighted by Gasteiger charge is -2.02. The van der Waals surface area contributed by atoms with Crippen molar-refractivity contribution in [3.8, 4) is 0 Å². The van der Waals surface area contributed by atoms with E-state index >= 15 is 0 Å². The zero-order chi connectivity index (χ0) is 12.5. The molecule has 0 radical (unpaired) electrons. The lowest BCUT2D eigenvalue weighted by Crippen LogP contribution is -1.91. The molecule has 3 aromatic rings. The maximum atomic E-state index is 4.66. The zero-order valence-corrected chi connectivity index (χ0v) is 10.7. The standard InChI is InChI=1S/C16H16N2/c1-11-8-9-15-16(17-11)14(12(2)18-15)10-13-6-4-3-5-7-13/h3-9,18H,10H2,1-2H3. The summed E-state index contributed by atoms with van der Waals surface area (Å²) in [5.41, 5.74) is 7.15. The zero-order valence-electron chi connectivity index (χ0n) is 10.7. The van der Waals surface area contributed by atoms with Gasteiger partial charge < -0.3 is 4.98 Å². The molecule has 90 valence electrons. The predicted molar refractivity (Wildman–Crippen MR) is 74.8 cm³/mol. The van der Waals surface area contributed by atoms with Crippen LogP contribution in [0.15, 0.2) is 42.5 Å². The Hall–Kier alpha value is -2.09. The van der Waals surface area contributed by atoms with Gasteiger partial charge in [-0.3, -0.25) is 4.98 Å². The Labute approximate surface area is 107 Å². The predicted octanol–water partition coefficient (Wildman–Crippen LogP) is 3.77. The monoisotopic (exact) mass is 236 g/mol. The van der Waals surface area contributed by atoms with Gasteiger partial charge in [0.25, 0.3) is 0 Å². The van der Waals surface area contributed by atoms with Crippen molar-refractivity contribution in [3.63, 3.8) is 0 Å². The minimum Gasteiger partial charge on any atom is -0.357 e. The van der Waals surface area contributed by atoms with Crippen molar-refractivity contribution in [2.45, 2.75) is 20.3 Å². The summed E-state index contributed by atoms with van der Waals surface area (Å²) in [6.45, 7) is 4.16. The lowest BCUT2D eigenvalue weighted by atomic mass is 10.0. The molecule has 1 aromatic carbocycles. The van der Waals surface area contributed by atoms with Gasteiger partial charge in [0.1, 0.15) is 0 Å². The Morgan fingerprint density at radius 3 is 2.56 bits per heavy atom. The highest BCUT2D eigenvalue weighted by molar-refractivity contribution is 5.81. The molecule has 3 rings (SSSR count). The molecule has 0 amide bonds. The minimum atomic E-state index is 0.934. The fraction of sp³-hybridized carbons (Fsp3) is 0.188. The van der Waals surface area contributed by atoms with Crippen LogP contribution < -0.4 is 0 Å². The van der Waals surface area contributed by atoms with Crippen LogP contribution >= 0.6 is 0 Å². The van der Waals surface area contributed by atoms with E-state index in [4.69, 9.17) is 0 Å². The molecule has 18 heavy (non-hydrogen) atoms. The Balaban J connectivity index is 2.11. The van der Waals surface area contributed by atoms with Gasteiger partial charge in [0.15, 0.2) is 0 Å². The van der Waals surface area contributed by atoms with E-state index in [2.05, 4.69) is 47.2 Å². The Bertz CT molecular complexity index is 681. The van der Waals surface area contributed by atoms with E-state index in [1.54, 1.807) is 0 Å². The summed E-state index contributed by atoms with van der Waals surface area (Å²) >= 11 is 0. The SMILES string of the molecule is Cc1ccc2[nH]c(C)c(Cc3ccccc3)c2n1. The van der Waals surface area contributed by atoms with E-state index in [1.165, 1.54) is 16.8 Å². The first-order valence-corrected chi connectivity index (χ1v) is 6.23. The molecule has 2 aromatic heterocycles. The van der Waals surface area contributed by atoms with Crippen molar-refractivity contribution >= 4 is 11.0 Å². The van der Waals surface area contributed by atoms with Crippen LogP contribution in [0.5, 0.6) is 0 Å². The number of pyridine rings is 1. The van der Waals surface area contributed by atoms with E-state index < -0.39 is 0 Å². The van der Waals surface area contributed by atoms with Crippen molar-refractivity contribution in [2.75, 3.05) is 0 Å². The fourth-order valence-corrected chi connectivity index (χ4v) is 2.36. The normalized spacial score (nSPS) is 11.0. The van der Waals surface area contributed by atoms with Gasteiger partial charge in [-0.25, -0.2) is 0 Å².